The molecule has 40 valence electrons. The molecule has 6 heteroatoms. The van der Waals surface area contributed by atoms with Crippen molar-refractivity contribution in [3.8, 4) is 0 Å². The molecule has 0 saturated heterocycles. The summed E-state index contributed by atoms with van der Waals surface area (Å²) in [6.07, 6.45) is 0.294. The van der Waals surface area contributed by atoms with Crippen LogP contribution in [0.3, 0.4) is 0 Å². The van der Waals surface area contributed by atoms with E-state index in [4.69, 9.17) is 4.79 Å². The van der Waals surface area contributed by atoms with Crippen LogP contribution in [0, 0.1) is 0 Å². The minimum Gasteiger partial charge on any atom is -0.270 e. The lowest BCUT2D eigenvalue weighted by molar-refractivity contribution is -0.367. The first-order valence-electron chi connectivity index (χ1n) is 1.18. The van der Waals surface area contributed by atoms with E-state index in [1.165, 1.54) is 0 Å². The van der Waals surface area contributed by atoms with Crippen LogP contribution in [0.15, 0.2) is 0 Å². The summed E-state index contributed by atoms with van der Waals surface area (Å²) < 4.78 is 34.7. The maximum atomic E-state index is 10.7. The van der Waals surface area contributed by atoms with Crippen LogP contribution in [-0.4, -0.2) is 15.5 Å². The van der Waals surface area contributed by atoms with Crippen molar-refractivity contribution in [1.82, 2.24) is 0 Å². The first-order valence-corrected chi connectivity index (χ1v) is 2.72. The van der Waals surface area contributed by atoms with Crippen LogP contribution >= 0.6 is 0 Å². The molecular weight excluding hydrogens is 129 g/mol. The van der Waals surface area contributed by atoms with Crippen molar-refractivity contribution in [2.24, 2.45) is 0 Å². The first-order chi connectivity index (χ1) is 3.06. The van der Waals surface area contributed by atoms with Gasteiger partial charge in [-0.1, -0.05) is 0 Å². The van der Waals surface area contributed by atoms with Crippen molar-refractivity contribution in [3.05, 3.63) is 0 Å². The molecule has 0 aromatic rings. The number of hydrogen-bond donors (Lipinski definition) is 0. The lowest BCUT2D eigenvalue weighted by Crippen LogP contribution is -2.14. The molecule has 0 radical (unpaired) electrons. The molecular formula is CF3O2Si+. The topological polar surface area (TPSA) is 28.4 Å². The Balaban J connectivity index is 3.80. The smallest absolute Gasteiger partial charge is 0.270 e. The Labute approximate surface area is 37.9 Å². The normalized spacial score (nSPS) is 10.1. The highest BCUT2D eigenvalue weighted by molar-refractivity contribution is 6.48. The number of halogens is 3. The monoisotopic (exact) mass is 129 g/mol. The second-order valence-electron chi connectivity index (χ2n) is 0.631. The fourth-order valence-electron chi connectivity index (χ4n) is 0.0472. The third-order valence-electron chi connectivity index (χ3n) is 0.157. The fourth-order valence-corrected chi connectivity index (χ4v) is 0.142. The standard InChI is InChI=1S/CF3O2Si/c2-7(3,4)6-1-5/q+1. The van der Waals surface area contributed by atoms with Gasteiger partial charge in [0, 0.05) is 0 Å². The van der Waals surface area contributed by atoms with Gasteiger partial charge in [0.1, 0.15) is 4.79 Å². The molecule has 0 aliphatic carbocycles. The van der Waals surface area contributed by atoms with Gasteiger partial charge in [0.25, 0.3) is 0 Å². The maximum absolute atomic E-state index is 10.7. The van der Waals surface area contributed by atoms with Crippen LogP contribution in [0.5, 0.6) is 0 Å². The van der Waals surface area contributed by atoms with Crippen molar-refractivity contribution >= 4 is 15.5 Å². The van der Waals surface area contributed by atoms with Gasteiger partial charge in [-0.3, -0.25) is 4.11 Å². The summed E-state index contributed by atoms with van der Waals surface area (Å²) in [4.78, 5) is 8.79. The van der Waals surface area contributed by atoms with E-state index in [0.717, 1.165) is 0 Å². The molecule has 0 aliphatic rings. The summed E-state index contributed by atoms with van der Waals surface area (Å²) >= 11 is 0. The molecule has 0 heterocycles. The lowest BCUT2D eigenvalue weighted by atomic mass is 11.8. The van der Waals surface area contributed by atoms with E-state index < -0.39 is 9.32 Å². The summed E-state index contributed by atoms with van der Waals surface area (Å²) in [6.45, 7) is 0. The Morgan fingerprint density at radius 2 is 1.86 bits per heavy atom. The van der Waals surface area contributed by atoms with E-state index in [2.05, 4.69) is 4.11 Å². The first kappa shape index (κ1) is 6.39. The zero-order valence-electron chi connectivity index (χ0n) is 2.95. The van der Waals surface area contributed by atoms with Gasteiger partial charge in [-0.2, -0.15) is 12.3 Å². The summed E-state index contributed by atoms with van der Waals surface area (Å²) in [5, 5.41) is 0. The second-order valence-corrected chi connectivity index (χ2v) is 1.73. The Kier molecular flexibility index (Phi) is 1.73. The third-order valence-corrected chi connectivity index (χ3v) is 0.472. The van der Waals surface area contributed by atoms with Gasteiger partial charge in [-0.15, -0.1) is 0 Å². The van der Waals surface area contributed by atoms with Crippen molar-refractivity contribution in [2.75, 3.05) is 0 Å². The van der Waals surface area contributed by atoms with Crippen LogP contribution in [0.2, 0.25) is 0 Å². The quantitative estimate of drug-likeness (QED) is 0.284. The van der Waals surface area contributed by atoms with Crippen LogP contribution in [0.1, 0.15) is 0 Å². The van der Waals surface area contributed by atoms with Crippen LogP contribution in [0.25, 0.3) is 0 Å². The van der Waals surface area contributed by atoms with E-state index >= 15 is 0 Å². The van der Waals surface area contributed by atoms with Gasteiger partial charge >= 0.3 is 15.5 Å². The molecule has 0 spiro atoms. The largest absolute Gasteiger partial charge is 1.05 e. The molecule has 0 amide bonds. The van der Waals surface area contributed by atoms with Crippen molar-refractivity contribution in [2.45, 2.75) is 0 Å². The SMILES string of the molecule is O=C=[O+][Si](F)(F)F. The summed E-state index contributed by atoms with van der Waals surface area (Å²) in [6, 6.07) is 0. The maximum Gasteiger partial charge on any atom is 1.05 e. The van der Waals surface area contributed by atoms with E-state index in [-0.39, 0.29) is 0 Å². The van der Waals surface area contributed by atoms with E-state index in [1.54, 1.807) is 0 Å². The molecule has 0 aromatic carbocycles. The molecule has 0 fully saturated rings. The highest BCUT2D eigenvalue weighted by Crippen LogP contribution is 2.02. The molecule has 0 aromatic heterocycles. The molecule has 0 N–H and O–H groups in total. The average Bonchev–Trinajstić information content (AvgIpc) is 1.30. The molecule has 7 heavy (non-hydrogen) atoms. The highest BCUT2D eigenvalue weighted by atomic mass is 28.5. The van der Waals surface area contributed by atoms with E-state index in [9.17, 15) is 12.3 Å². The summed E-state index contributed by atoms with van der Waals surface area (Å²) in [5.41, 5.74) is 0. The van der Waals surface area contributed by atoms with Crippen molar-refractivity contribution in [3.63, 3.8) is 0 Å². The van der Waals surface area contributed by atoms with Crippen LogP contribution in [0.4, 0.5) is 12.3 Å². The minimum atomic E-state index is -6.08. The van der Waals surface area contributed by atoms with E-state index in [1.807, 2.05) is 0 Å². The Hall–Kier alpha value is -0.613. The summed E-state index contributed by atoms with van der Waals surface area (Å²) in [7, 11) is -6.08. The van der Waals surface area contributed by atoms with E-state index in [0.29, 0.717) is 6.15 Å². The molecule has 0 bridgehead atoms. The Morgan fingerprint density at radius 1 is 1.43 bits per heavy atom. The second kappa shape index (κ2) is 1.90. The highest BCUT2D eigenvalue weighted by Gasteiger charge is 2.55. The Bertz CT molecular complexity index is 100.0. The van der Waals surface area contributed by atoms with Gasteiger partial charge in [0.15, 0.2) is 0 Å². The lowest BCUT2D eigenvalue weighted by Gasteiger charge is -1.72. The van der Waals surface area contributed by atoms with Gasteiger partial charge in [0.05, 0.1) is 0 Å². The zero-order chi connectivity index (χ0) is 5.91. The fraction of sp³-hybridized carbons (Fsp3) is 0. The predicted molar refractivity (Wildman–Crippen MR) is 14.1 cm³/mol. The van der Waals surface area contributed by atoms with Gasteiger partial charge in [0.2, 0.25) is 0 Å². The molecule has 0 unspecified atom stereocenters. The van der Waals surface area contributed by atoms with Crippen molar-refractivity contribution in [1.29, 1.82) is 0 Å². The number of rotatable bonds is 1. The molecule has 0 saturated carbocycles. The number of carbonyl (C=O) groups excluding carboxylic acids is 2. The molecule has 2 nitrogen and oxygen atoms in total. The van der Waals surface area contributed by atoms with Gasteiger partial charge in [-0.05, 0) is 0 Å². The van der Waals surface area contributed by atoms with Crippen molar-refractivity contribution < 1.29 is 21.2 Å². The van der Waals surface area contributed by atoms with Crippen LogP contribution in [-0.2, 0) is 8.91 Å². The minimum absolute atomic E-state index is 0.294. The van der Waals surface area contributed by atoms with Crippen LogP contribution < -0.4 is 0 Å². The predicted octanol–water partition coefficient (Wildman–Crippen LogP) is 0.296. The Morgan fingerprint density at radius 3 is 1.86 bits per heavy atom. The average molecular weight is 129 g/mol. The number of hydrogen-bond acceptors (Lipinski definition) is 1. The zero-order valence-corrected chi connectivity index (χ0v) is 3.95. The molecule has 0 atom stereocenters. The van der Waals surface area contributed by atoms with Gasteiger partial charge in [-0.25, -0.2) is 0 Å². The molecule has 0 aliphatic heterocycles. The van der Waals surface area contributed by atoms with Gasteiger partial charge < -0.3 is 0 Å². The molecule has 0 rings (SSSR count). The third kappa shape index (κ3) is 5.39. The summed E-state index contributed by atoms with van der Waals surface area (Å²) in [5.74, 6) is 0.